The number of halogens is 1. The molecule has 37 heavy (non-hydrogen) atoms. The number of nitrogens with zero attached hydrogens (tertiary/aromatic N) is 4. The van der Waals surface area contributed by atoms with Crippen molar-refractivity contribution in [2.45, 2.75) is 31.6 Å². The summed E-state index contributed by atoms with van der Waals surface area (Å²) >= 11 is 5.98. The molecule has 0 bridgehead atoms. The van der Waals surface area contributed by atoms with Gasteiger partial charge in [-0.1, -0.05) is 17.7 Å². The van der Waals surface area contributed by atoms with Crippen molar-refractivity contribution in [3.8, 4) is 16.9 Å². The molecule has 0 unspecified atom stereocenters. The second-order valence-corrected chi connectivity index (χ2v) is 11.3. The van der Waals surface area contributed by atoms with Gasteiger partial charge in [-0.3, -0.25) is 4.79 Å². The number of aryl methyl sites for hydroxylation is 2. The number of rotatable bonds is 6. The third-order valence-corrected chi connectivity index (χ3v) is 8.52. The average molecular weight is 540 g/mol. The molecular formula is C26H26ClN5O4S. The Balaban J connectivity index is 1.69. The number of ether oxygens (including phenoxy) is 1. The summed E-state index contributed by atoms with van der Waals surface area (Å²) in [6.07, 6.45) is 1.62. The predicted molar refractivity (Wildman–Crippen MR) is 142 cm³/mol. The highest BCUT2D eigenvalue weighted by atomic mass is 35.5. The van der Waals surface area contributed by atoms with Crippen molar-refractivity contribution in [1.82, 2.24) is 18.9 Å². The summed E-state index contributed by atoms with van der Waals surface area (Å²) in [5.74, 6) is -0.223. The lowest BCUT2D eigenvalue weighted by Crippen LogP contribution is -2.28. The third kappa shape index (κ3) is 4.68. The second kappa shape index (κ2) is 9.77. The van der Waals surface area contributed by atoms with Crippen LogP contribution < -0.4 is 10.1 Å². The number of benzene rings is 2. The van der Waals surface area contributed by atoms with Gasteiger partial charge < -0.3 is 10.1 Å². The van der Waals surface area contributed by atoms with Gasteiger partial charge in [0.05, 0.1) is 12.7 Å². The van der Waals surface area contributed by atoms with Gasteiger partial charge in [0.2, 0.25) is 10.0 Å². The minimum absolute atomic E-state index is 0.0437. The number of sulfonamides is 1. The molecule has 1 amide bonds. The zero-order valence-corrected chi connectivity index (χ0v) is 22.2. The lowest BCUT2D eigenvalue weighted by atomic mass is 10.0. The fourth-order valence-corrected chi connectivity index (χ4v) is 6.40. The second-order valence-electron chi connectivity index (χ2n) is 8.94. The Kier molecular flexibility index (Phi) is 6.65. The smallest absolute Gasteiger partial charge is 0.276 e. The number of carbonyl (C=O) groups is 1. The van der Waals surface area contributed by atoms with Crippen LogP contribution in [0.3, 0.4) is 0 Å². The van der Waals surface area contributed by atoms with E-state index in [9.17, 15) is 13.2 Å². The Bertz CT molecular complexity index is 1610. The van der Waals surface area contributed by atoms with Crippen molar-refractivity contribution >= 4 is 38.9 Å². The lowest BCUT2D eigenvalue weighted by molar-refractivity contribution is 0.102. The van der Waals surface area contributed by atoms with Crippen LogP contribution in [-0.2, 0) is 10.0 Å². The van der Waals surface area contributed by atoms with E-state index >= 15 is 0 Å². The van der Waals surface area contributed by atoms with Crippen LogP contribution in [0.5, 0.6) is 5.75 Å². The Morgan fingerprint density at radius 3 is 2.43 bits per heavy atom. The first-order chi connectivity index (χ1) is 17.7. The number of nitrogens with one attached hydrogen (secondary N) is 1. The molecule has 2 aromatic heterocycles. The molecule has 0 aliphatic carbocycles. The number of fused-ring (bicyclic) bond motifs is 1. The van der Waals surface area contributed by atoms with E-state index in [1.807, 2.05) is 19.9 Å². The SMILES string of the molecule is COc1ccc(-c2c(C(=O)Nc3ccc(Cl)cc3)nn3c(C)cc(C)nc23)cc1S(=O)(=O)N1CCCC1. The molecule has 1 saturated heterocycles. The van der Waals surface area contributed by atoms with Crippen molar-refractivity contribution in [3.05, 3.63) is 70.6 Å². The maximum absolute atomic E-state index is 13.5. The summed E-state index contributed by atoms with van der Waals surface area (Å²) in [5.41, 5.74) is 3.57. The van der Waals surface area contributed by atoms with Crippen LogP contribution in [0.1, 0.15) is 34.7 Å². The van der Waals surface area contributed by atoms with Crippen molar-refractivity contribution < 1.29 is 17.9 Å². The van der Waals surface area contributed by atoms with Gasteiger partial charge in [0.15, 0.2) is 11.3 Å². The topological polar surface area (TPSA) is 106 Å². The van der Waals surface area contributed by atoms with Gasteiger partial charge in [0, 0.05) is 35.2 Å². The summed E-state index contributed by atoms with van der Waals surface area (Å²) in [6, 6.07) is 13.5. The molecule has 9 nitrogen and oxygen atoms in total. The molecule has 0 radical (unpaired) electrons. The molecule has 1 aliphatic rings. The summed E-state index contributed by atoms with van der Waals surface area (Å²) in [5, 5.41) is 7.98. The summed E-state index contributed by atoms with van der Waals surface area (Å²) in [4.78, 5) is 18.2. The highest BCUT2D eigenvalue weighted by Crippen LogP contribution is 2.36. The van der Waals surface area contributed by atoms with Gasteiger partial charge in [-0.25, -0.2) is 17.9 Å². The first kappa shape index (κ1) is 25.2. The molecule has 1 aliphatic heterocycles. The predicted octanol–water partition coefficient (Wildman–Crippen LogP) is 4.71. The van der Waals surface area contributed by atoms with Crippen LogP contribution in [0, 0.1) is 13.8 Å². The van der Waals surface area contributed by atoms with Gasteiger partial charge >= 0.3 is 0 Å². The fraction of sp³-hybridized carbons (Fsp3) is 0.269. The molecular weight excluding hydrogens is 514 g/mol. The van der Waals surface area contributed by atoms with E-state index in [-0.39, 0.29) is 16.3 Å². The van der Waals surface area contributed by atoms with Gasteiger partial charge in [-0.15, -0.1) is 0 Å². The number of methoxy groups -OCH3 is 1. The lowest BCUT2D eigenvalue weighted by Gasteiger charge is -2.18. The highest BCUT2D eigenvalue weighted by molar-refractivity contribution is 7.89. The molecule has 0 atom stereocenters. The largest absolute Gasteiger partial charge is 0.495 e. The number of anilines is 1. The molecule has 11 heteroatoms. The maximum Gasteiger partial charge on any atom is 0.276 e. The number of hydrogen-bond donors (Lipinski definition) is 1. The highest BCUT2D eigenvalue weighted by Gasteiger charge is 2.31. The van der Waals surface area contributed by atoms with Gasteiger partial charge in [-0.2, -0.15) is 9.40 Å². The molecule has 4 aromatic rings. The van der Waals surface area contributed by atoms with Crippen LogP contribution in [0.25, 0.3) is 16.8 Å². The van der Waals surface area contributed by atoms with Crippen LogP contribution in [0.2, 0.25) is 5.02 Å². The average Bonchev–Trinajstić information content (AvgIpc) is 3.54. The van der Waals surface area contributed by atoms with Crippen LogP contribution in [-0.4, -0.2) is 53.4 Å². The van der Waals surface area contributed by atoms with Crippen LogP contribution >= 0.6 is 11.6 Å². The van der Waals surface area contributed by atoms with Crippen molar-refractivity contribution in [3.63, 3.8) is 0 Å². The van der Waals surface area contributed by atoms with E-state index in [1.54, 1.807) is 47.0 Å². The molecule has 0 spiro atoms. The van der Waals surface area contributed by atoms with Crippen molar-refractivity contribution in [2.24, 2.45) is 0 Å². The number of aromatic nitrogens is 3. The number of hydrogen-bond acceptors (Lipinski definition) is 6. The van der Waals surface area contributed by atoms with Crippen LogP contribution in [0.4, 0.5) is 5.69 Å². The van der Waals surface area contributed by atoms with E-state index in [4.69, 9.17) is 16.3 Å². The zero-order valence-electron chi connectivity index (χ0n) is 20.7. The summed E-state index contributed by atoms with van der Waals surface area (Å²) < 4.78 is 35.5. The molecule has 3 heterocycles. The number of amides is 1. The molecule has 5 rings (SSSR count). The van der Waals surface area contributed by atoms with Crippen molar-refractivity contribution in [2.75, 3.05) is 25.5 Å². The maximum atomic E-state index is 13.5. The third-order valence-electron chi connectivity index (χ3n) is 6.35. The zero-order chi connectivity index (χ0) is 26.3. The standard InChI is InChI=1S/C26H26ClN5O4S/c1-16-14-17(2)32-25(28-16)23(24(30-32)26(33)29-20-9-7-19(27)8-10-20)18-6-11-21(36-3)22(15-18)37(34,35)31-12-4-5-13-31/h6-11,14-15H,4-5,12-13H2,1-3H3,(H,29,33). The van der Waals surface area contributed by atoms with Gasteiger partial charge in [0.1, 0.15) is 10.6 Å². The quantitative estimate of drug-likeness (QED) is 0.380. The minimum Gasteiger partial charge on any atom is -0.495 e. The van der Waals surface area contributed by atoms with Gasteiger partial charge in [0.25, 0.3) is 5.91 Å². The molecule has 192 valence electrons. The number of carbonyl (C=O) groups excluding carboxylic acids is 1. The monoisotopic (exact) mass is 539 g/mol. The minimum atomic E-state index is -3.80. The Labute approximate surface area is 220 Å². The first-order valence-corrected chi connectivity index (χ1v) is 13.6. The van der Waals surface area contributed by atoms with E-state index in [0.717, 1.165) is 24.2 Å². The summed E-state index contributed by atoms with van der Waals surface area (Å²) in [7, 11) is -2.37. The van der Waals surface area contributed by atoms with Gasteiger partial charge in [-0.05, 0) is 74.7 Å². The van der Waals surface area contributed by atoms with E-state index in [2.05, 4.69) is 15.4 Å². The molecule has 2 aromatic carbocycles. The van der Waals surface area contributed by atoms with E-state index in [0.29, 0.717) is 40.6 Å². The van der Waals surface area contributed by atoms with Crippen LogP contribution in [0.15, 0.2) is 53.4 Å². The van der Waals surface area contributed by atoms with E-state index < -0.39 is 15.9 Å². The molecule has 0 saturated carbocycles. The van der Waals surface area contributed by atoms with E-state index in [1.165, 1.54) is 11.4 Å². The van der Waals surface area contributed by atoms with Crippen molar-refractivity contribution in [1.29, 1.82) is 0 Å². The summed E-state index contributed by atoms with van der Waals surface area (Å²) in [6.45, 7) is 4.65. The Morgan fingerprint density at radius 1 is 1.05 bits per heavy atom. The first-order valence-electron chi connectivity index (χ1n) is 11.8. The fourth-order valence-electron chi connectivity index (χ4n) is 4.57. The Morgan fingerprint density at radius 2 is 1.76 bits per heavy atom. The normalized spacial score (nSPS) is 14.3. The molecule has 1 fully saturated rings. The molecule has 1 N–H and O–H groups in total. The Hall–Kier alpha value is -3.47.